The molecule has 5 aromatic rings. The van der Waals surface area contributed by atoms with E-state index >= 15 is 0 Å². The van der Waals surface area contributed by atoms with Crippen LogP contribution in [0.3, 0.4) is 0 Å². The van der Waals surface area contributed by atoms with Crippen LogP contribution in [-0.4, -0.2) is 62.7 Å². The molecule has 4 N–H and O–H groups in total. The van der Waals surface area contributed by atoms with Gasteiger partial charge in [-0.2, -0.15) is 0 Å². The van der Waals surface area contributed by atoms with E-state index < -0.39 is 6.09 Å². The fourth-order valence-corrected chi connectivity index (χ4v) is 6.49. The molecule has 0 saturated carbocycles. The van der Waals surface area contributed by atoms with Crippen molar-refractivity contribution >= 4 is 6.09 Å². The number of aromatic nitrogens is 5. The highest BCUT2D eigenvalue weighted by Gasteiger charge is 2.31. The summed E-state index contributed by atoms with van der Waals surface area (Å²) in [5.74, 6) is 1.94. The Bertz CT molecular complexity index is 1710. The first-order chi connectivity index (χ1) is 22.1. The standard InChI is InChI=1S/C35H38N8O2/c1-45-35(44)42-31(23-7-3-2-4-8-23)22-43-18-6-10-32(43)34-39-20-29(41-34)25-13-11-24(12-14-25)27-16-15-26(19-37-27)30-21-38-33(40-30)28-9-5-17-36-28/h2-4,7-8,11-16,19-21,28,31-32,36H,5-6,9-10,17-18,22H2,1H3,(H,38,40)(H,39,41)(H,42,44)/t28-,31-,32-/m0/s1. The molecule has 2 saturated heterocycles. The molecule has 2 aliphatic rings. The third-order valence-electron chi connectivity index (χ3n) is 8.92. The quantitative estimate of drug-likeness (QED) is 0.159. The van der Waals surface area contributed by atoms with Crippen molar-refractivity contribution in [1.29, 1.82) is 0 Å². The number of pyridine rings is 1. The summed E-state index contributed by atoms with van der Waals surface area (Å²) < 4.78 is 4.91. The van der Waals surface area contributed by atoms with E-state index in [9.17, 15) is 4.79 Å². The molecule has 3 aromatic heterocycles. The van der Waals surface area contributed by atoms with Crippen molar-refractivity contribution < 1.29 is 9.53 Å². The number of H-pyrrole nitrogens is 2. The van der Waals surface area contributed by atoms with E-state index in [1.54, 1.807) is 0 Å². The molecule has 10 nitrogen and oxygen atoms in total. The van der Waals surface area contributed by atoms with Gasteiger partial charge in [0, 0.05) is 23.9 Å². The summed E-state index contributed by atoms with van der Waals surface area (Å²) in [7, 11) is 1.39. The van der Waals surface area contributed by atoms with Gasteiger partial charge in [0.25, 0.3) is 0 Å². The molecule has 1 amide bonds. The molecule has 2 aliphatic heterocycles. The average Bonchev–Trinajstić information content (AvgIpc) is 3.92. The maximum absolute atomic E-state index is 12.1. The van der Waals surface area contributed by atoms with Gasteiger partial charge in [0.15, 0.2) is 0 Å². The van der Waals surface area contributed by atoms with Crippen LogP contribution in [-0.2, 0) is 4.74 Å². The normalized spacial score (nSPS) is 19.0. The van der Waals surface area contributed by atoms with Gasteiger partial charge in [0.05, 0.1) is 54.7 Å². The van der Waals surface area contributed by atoms with Gasteiger partial charge in [-0.25, -0.2) is 14.8 Å². The minimum absolute atomic E-state index is 0.145. The Morgan fingerprint density at radius 1 is 0.867 bits per heavy atom. The summed E-state index contributed by atoms with van der Waals surface area (Å²) in [6, 6.07) is 22.9. The van der Waals surface area contributed by atoms with Crippen molar-refractivity contribution in [2.24, 2.45) is 0 Å². The first-order valence-corrected chi connectivity index (χ1v) is 15.7. The van der Waals surface area contributed by atoms with Crippen LogP contribution in [0.4, 0.5) is 4.79 Å². The van der Waals surface area contributed by atoms with E-state index in [0.29, 0.717) is 12.6 Å². The van der Waals surface area contributed by atoms with Crippen molar-refractivity contribution in [3.05, 3.63) is 103 Å². The van der Waals surface area contributed by atoms with Crippen LogP contribution in [0.2, 0.25) is 0 Å². The van der Waals surface area contributed by atoms with Crippen molar-refractivity contribution in [3.63, 3.8) is 0 Å². The number of benzene rings is 2. The van der Waals surface area contributed by atoms with Gasteiger partial charge in [0.2, 0.25) is 0 Å². The van der Waals surface area contributed by atoms with Crippen LogP contribution in [0.1, 0.15) is 61.0 Å². The molecule has 0 bridgehead atoms. The SMILES string of the molecule is COC(=O)N[C@@H](CN1CCC[C@H]1c1ncc(-c2ccc(-c3ccc(-c4cnc([C@@H]5CCCN5)[nH]4)cn3)cc2)[nH]1)c1ccccc1. The molecule has 2 fully saturated rings. The van der Waals surface area contributed by atoms with E-state index in [2.05, 4.69) is 66.9 Å². The number of carbonyl (C=O) groups excluding carboxylic acids is 1. The number of methoxy groups -OCH3 is 1. The first-order valence-electron chi connectivity index (χ1n) is 15.7. The lowest BCUT2D eigenvalue weighted by molar-refractivity contribution is 0.158. The highest BCUT2D eigenvalue weighted by Crippen LogP contribution is 2.34. The summed E-state index contributed by atoms with van der Waals surface area (Å²) in [5, 5.41) is 6.50. The third kappa shape index (κ3) is 6.38. The molecular formula is C35H38N8O2. The summed E-state index contributed by atoms with van der Waals surface area (Å²) in [6.07, 6.45) is 9.65. The number of hydrogen-bond acceptors (Lipinski definition) is 7. The zero-order chi connectivity index (χ0) is 30.6. The van der Waals surface area contributed by atoms with Crippen LogP contribution in [0.15, 0.2) is 85.3 Å². The lowest BCUT2D eigenvalue weighted by atomic mass is 10.1. The molecule has 230 valence electrons. The molecule has 5 heterocycles. The largest absolute Gasteiger partial charge is 0.453 e. The first kappa shape index (κ1) is 28.9. The van der Waals surface area contributed by atoms with Gasteiger partial charge < -0.3 is 25.3 Å². The van der Waals surface area contributed by atoms with Crippen LogP contribution < -0.4 is 10.6 Å². The number of rotatable bonds is 9. The number of likely N-dealkylation sites (tertiary alicyclic amines) is 1. The van der Waals surface area contributed by atoms with Crippen molar-refractivity contribution in [1.82, 2.24) is 40.5 Å². The van der Waals surface area contributed by atoms with Gasteiger partial charge >= 0.3 is 6.09 Å². The lowest BCUT2D eigenvalue weighted by Gasteiger charge is -2.28. The summed E-state index contributed by atoms with van der Waals surface area (Å²) in [6.45, 7) is 2.65. The predicted octanol–water partition coefficient (Wildman–Crippen LogP) is 6.19. The van der Waals surface area contributed by atoms with Gasteiger partial charge in [0.1, 0.15) is 11.6 Å². The number of imidazole rings is 2. The number of hydrogen-bond donors (Lipinski definition) is 4. The van der Waals surface area contributed by atoms with Crippen LogP contribution in [0.5, 0.6) is 0 Å². The smallest absolute Gasteiger partial charge is 0.407 e. The molecule has 45 heavy (non-hydrogen) atoms. The summed E-state index contributed by atoms with van der Waals surface area (Å²) in [4.78, 5) is 35.7. The molecule has 0 radical (unpaired) electrons. The Labute approximate surface area is 262 Å². The van der Waals surface area contributed by atoms with Crippen LogP contribution in [0.25, 0.3) is 33.8 Å². The zero-order valence-electron chi connectivity index (χ0n) is 25.4. The van der Waals surface area contributed by atoms with Crippen molar-refractivity contribution in [2.45, 2.75) is 43.8 Å². The van der Waals surface area contributed by atoms with Gasteiger partial charge in [-0.3, -0.25) is 9.88 Å². The highest BCUT2D eigenvalue weighted by molar-refractivity contribution is 5.69. The predicted molar refractivity (Wildman–Crippen MR) is 173 cm³/mol. The topological polar surface area (TPSA) is 124 Å². The highest BCUT2D eigenvalue weighted by atomic mass is 16.5. The second kappa shape index (κ2) is 13.1. The number of amides is 1. The Morgan fingerprint density at radius 2 is 1.60 bits per heavy atom. The average molecular weight is 603 g/mol. The molecule has 7 rings (SSSR count). The number of alkyl carbamates (subject to hydrolysis) is 1. The summed E-state index contributed by atoms with van der Waals surface area (Å²) in [5.41, 5.74) is 7.07. The molecule has 3 atom stereocenters. The Hall–Kier alpha value is -4.80. The second-order valence-corrected chi connectivity index (χ2v) is 11.8. The number of nitrogens with zero attached hydrogens (tertiary/aromatic N) is 4. The number of nitrogens with one attached hydrogen (secondary N) is 4. The third-order valence-corrected chi connectivity index (χ3v) is 8.92. The molecular weight excluding hydrogens is 564 g/mol. The van der Waals surface area contributed by atoms with E-state index in [1.807, 2.05) is 48.9 Å². The molecule has 0 spiro atoms. The van der Waals surface area contributed by atoms with Crippen LogP contribution in [0, 0.1) is 0 Å². The van der Waals surface area contributed by atoms with Gasteiger partial charge in [-0.15, -0.1) is 0 Å². The van der Waals surface area contributed by atoms with E-state index in [0.717, 1.165) is 83.3 Å². The van der Waals surface area contributed by atoms with Crippen LogP contribution >= 0.6 is 0 Å². The maximum atomic E-state index is 12.1. The Morgan fingerprint density at radius 3 is 2.33 bits per heavy atom. The van der Waals surface area contributed by atoms with E-state index in [-0.39, 0.29) is 12.1 Å². The molecule has 10 heteroatoms. The fourth-order valence-electron chi connectivity index (χ4n) is 6.49. The number of carbonyl (C=O) groups is 1. The minimum atomic E-state index is -0.432. The molecule has 0 unspecified atom stereocenters. The fraction of sp³-hybridized carbons (Fsp3) is 0.314. The minimum Gasteiger partial charge on any atom is -0.453 e. The zero-order valence-corrected chi connectivity index (χ0v) is 25.4. The van der Waals surface area contributed by atoms with Gasteiger partial charge in [-0.1, -0.05) is 54.6 Å². The van der Waals surface area contributed by atoms with E-state index in [4.69, 9.17) is 14.7 Å². The monoisotopic (exact) mass is 602 g/mol. The summed E-state index contributed by atoms with van der Waals surface area (Å²) >= 11 is 0. The van der Waals surface area contributed by atoms with Gasteiger partial charge in [-0.05, 0) is 62.0 Å². The number of ether oxygens (including phenoxy) is 1. The molecule has 2 aromatic carbocycles. The Kier molecular flexibility index (Phi) is 8.39. The van der Waals surface area contributed by atoms with E-state index in [1.165, 1.54) is 13.5 Å². The maximum Gasteiger partial charge on any atom is 0.407 e. The van der Waals surface area contributed by atoms with Crippen molar-refractivity contribution in [3.8, 4) is 33.8 Å². The van der Waals surface area contributed by atoms with Crippen molar-refractivity contribution in [2.75, 3.05) is 26.7 Å². The Balaban J connectivity index is 1.02. The lowest BCUT2D eigenvalue weighted by Crippen LogP contribution is -2.38. The number of aromatic amines is 2. The second-order valence-electron chi connectivity index (χ2n) is 11.8. The molecule has 0 aliphatic carbocycles.